The van der Waals surface area contributed by atoms with Crippen LogP contribution < -0.4 is 5.32 Å². The SMILES string of the molecule is Cc1ncc(NCC2(C)CCCO2)nc1C. The Morgan fingerprint density at radius 2 is 2.25 bits per heavy atom. The van der Waals surface area contributed by atoms with E-state index in [-0.39, 0.29) is 5.60 Å². The molecular weight excluding hydrogens is 202 g/mol. The zero-order chi connectivity index (χ0) is 11.6. The zero-order valence-electron chi connectivity index (χ0n) is 10.2. The third-order valence-electron chi connectivity index (χ3n) is 3.14. The van der Waals surface area contributed by atoms with Gasteiger partial charge in [0.15, 0.2) is 0 Å². The summed E-state index contributed by atoms with van der Waals surface area (Å²) in [6.07, 6.45) is 4.04. The molecule has 0 aliphatic carbocycles. The third-order valence-corrected chi connectivity index (χ3v) is 3.14. The molecule has 1 aliphatic heterocycles. The molecule has 1 atom stereocenters. The Balaban J connectivity index is 1.96. The first-order valence-electron chi connectivity index (χ1n) is 5.77. The highest BCUT2D eigenvalue weighted by atomic mass is 16.5. The summed E-state index contributed by atoms with van der Waals surface area (Å²) in [5.41, 5.74) is 1.91. The predicted octanol–water partition coefficient (Wildman–Crippen LogP) is 2.07. The molecule has 1 N–H and O–H groups in total. The van der Waals surface area contributed by atoms with E-state index in [2.05, 4.69) is 22.2 Å². The van der Waals surface area contributed by atoms with Gasteiger partial charge in [0, 0.05) is 13.2 Å². The van der Waals surface area contributed by atoms with E-state index in [9.17, 15) is 0 Å². The third kappa shape index (κ3) is 2.50. The van der Waals surface area contributed by atoms with Crippen LogP contribution in [-0.2, 0) is 4.74 Å². The fraction of sp³-hybridized carbons (Fsp3) is 0.667. The van der Waals surface area contributed by atoms with E-state index in [1.165, 1.54) is 0 Å². The van der Waals surface area contributed by atoms with Crippen LogP contribution in [0.15, 0.2) is 6.20 Å². The van der Waals surface area contributed by atoms with E-state index < -0.39 is 0 Å². The molecule has 0 amide bonds. The van der Waals surface area contributed by atoms with Gasteiger partial charge in [-0.2, -0.15) is 0 Å². The molecule has 0 radical (unpaired) electrons. The van der Waals surface area contributed by atoms with Crippen molar-refractivity contribution in [2.24, 2.45) is 0 Å². The number of nitrogens with one attached hydrogen (secondary N) is 1. The van der Waals surface area contributed by atoms with Crippen molar-refractivity contribution in [3.05, 3.63) is 17.6 Å². The summed E-state index contributed by atoms with van der Waals surface area (Å²) in [7, 11) is 0. The molecule has 0 spiro atoms. The summed E-state index contributed by atoms with van der Waals surface area (Å²) in [5, 5.41) is 3.30. The number of hydrogen-bond donors (Lipinski definition) is 1. The van der Waals surface area contributed by atoms with Gasteiger partial charge in [0.1, 0.15) is 5.82 Å². The molecule has 1 aromatic heterocycles. The predicted molar refractivity (Wildman–Crippen MR) is 63.6 cm³/mol. The topological polar surface area (TPSA) is 47.0 Å². The lowest BCUT2D eigenvalue weighted by Gasteiger charge is -2.23. The molecule has 1 aliphatic rings. The van der Waals surface area contributed by atoms with Crippen molar-refractivity contribution in [3.63, 3.8) is 0 Å². The van der Waals surface area contributed by atoms with Crippen molar-refractivity contribution < 1.29 is 4.74 Å². The lowest BCUT2D eigenvalue weighted by atomic mass is 10.0. The van der Waals surface area contributed by atoms with Gasteiger partial charge in [0.25, 0.3) is 0 Å². The highest BCUT2D eigenvalue weighted by molar-refractivity contribution is 5.33. The van der Waals surface area contributed by atoms with Crippen LogP contribution in [-0.4, -0.2) is 28.7 Å². The van der Waals surface area contributed by atoms with E-state index in [1.807, 2.05) is 13.8 Å². The Labute approximate surface area is 96.4 Å². The molecule has 4 nitrogen and oxygen atoms in total. The van der Waals surface area contributed by atoms with Crippen molar-refractivity contribution in [1.82, 2.24) is 9.97 Å². The first kappa shape index (κ1) is 11.3. The zero-order valence-corrected chi connectivity index (χ0v) is 10.2. The average molecular weight is 221 g/mol. The number of nitrogens with zero attached hydrogens (tertiary/aromatic N) is 2. The van der Waals surface area contributed by atoms with Crippen molar-refractivity contribution in [1.29, 1.82) is 0 Å². The van der Waals surface area contributed by atoms with Crippen LogP contribution >= 0.6 is 0 Å². The van der Waals surface area contributed by atoms with Gasteiger partial charge in [-0.1, -0.05) is 0 Å². The van der Waals surface area contributed by atoms with Crippen LogP contribution in [0, 0.1) is 13.8 Å². The van der Waals surface area contributed by atoms with Crippen LogP contribution in [0.2, 0.25) is 0 Å². The van der Waals surface area contributed by atoms with Crippen LogP contribution in [0.25, 0.3) is 0 Å². The number of ether oxygens (including phenoxy) is 1. The van der Waals surface area contributed by atoms with Crippen molar-refractivity contribution in [2.45, 2.75) is 39.2 Å². The fourth-order valence-corrected chi connectivity index (χ4v) is 1.88. The van der Waals surface area contributed by atoms with Gasteiger partial charge >= 0.3 is 0 Å². The van der Waals surface area contributed by atoms with Crippen LogP contribution in [0.1, 0.15) is 31.2 Å². The summed E-state index contributed by atoms with van der Waals surface area (Å²) in [6, 6.07) is 0. The molecule has 1 aromatic rings. The summed E-state index contributed by atoms with van der Waals surface area (Å²) in [6.45, 7) is 7.75. The summed E-state index contributed by atoms with van der Waals surface area (Å²) in [5.74, 6) is 0.833. The lowest BCUT2D eigenvalue weighted by Crippen LogP contribution is -2.32. The summed E-state index contributed by atoms with van der Waals surface area (Å²) >= 11 is 0. The first-order valence-corrected chi connectivity index (χ1v) is 5.77. The normalized spacial score (nSPS) is 24.7. The van der Waals surface area contributed by atoms with Crippen LogP contribution in [0.4, 0.5) is 5.82 Å². The second-order valence-electron chi connectivity index (χ2n) is 4.68. The largest absolute Gasteiger partial charge is 0.373 e. The van der Waals surface area contributed by atoms with Crippen molar-refractivity contribution in [2.75, 3.05) is 18.5 Å². The fourth-order valence-electron chi connectivity index (χ4n) is 1.88. The lowest BCUT2D eigenvalue weighted by molar-refractivity contribution is 0.0314. The van der Waals surface area contributed by atoms with E-state index in [0.717, 1.165) is 43.2 Å². The van der Waals surface area contributed by atoms with Crippen LogP contribution in [0.3, 0.4) is 0 Å². The Bertz CT molecular complexity index is 373. The summed E-state index contributed by atoms with van der Waals surface area (Å²) in [4.78, 5) is 8.72. The number of hydrogen-bond acceptors (Lipinski definition) is 4. The second kappa shape index (κ2) is 4.37. The highest BCUT2D eigenvalue weighted by Crippen LogP contribution is 2.25. The van der Waals surface area contributed by atoms with Gasteiger partial charge in [0.2, 0.25) is 0 Å². The van der Waals surface area contributed by atoms with Crippen LogP contribution in [0.5, 0.6) is 0 Å². The number of anilines is 1. The van der Waals surface area contributed by atoms with Gasteiger partial charge in [-0.05, 0) is 33.6 Å². The van der Waals surface area contributed by atoms with Crippen molar-refractivity contribution >= 4 is 5.82 Å². The molecule has 0 aromatic carbocycles. The first-order chi connectivity index (χ1) is 7.59. The molecule has 1 saturated heterocycles. The minimum Gasteiger partial charge on any atom is -0.373 e. The molecule has 0 bridgehead atoms. The van der Waals surface area contributed by atoms with E-state index in [0.29, 0.717) is 0 Å². The van der Waals surface area contributed by atoms with Gasteiger partial charge in [-0.25, -0.2) is 4.98 Å². The number of aromatic nitrogens is 2. The number of aryl methyl sites for hydroxylation is 2. The average Bonchev–Trinajstić information content (AvgIpc) is 2.68. The van der Waals surface area contributed by atoms with Gasteiger partial charge in [-0.15, -0.1) is 0 Å². The van der Waals surface area contributed by atoms with Gasteiger partial charge in [-0.3, -0.25) is 4.98 Å². The summed E-state index contributed by atoms with van der Waals surface area (Å²) < 4.78 is 5.71. The van der Waals surface area contributed by atoms with Gasteiger partial charge < -0.3 is 10.1 Å². The monoisotopic (exact) mass is 221 g/mol. The Kier molecular flexibility index (Phi) is 3.10. The highest BCUT2D eigenvalue weighted by Gasteiger charge is 2.29. The maximum absolute atomic E-state index is 5.71. The molecule has 1 fully saturated rings. The van der Waals surface area contributed by atoms with E-state index in [4.69, 9.17) is 4.74 Å². The van der Waals surface area contributed by atoms with E-state index in [1.54, 1.807) is 6.20 Å². The van der Waals surface area contributed by atoms with Crippen molar-refractivity contribution in [3.8, 4) is 0 Å². The molecule has 88 valence electrons. The minimum absolute atomic E-state index is 0.0412. The molecular formula is C12H19N3O. The maximum Gasteiger partial charge on any atom is 0.144 e. The maximum atomic E-state index is 5.71. The van der Waals surface area contributed by atoms with Gasteiger partial charge in [0.05, 0.1) is 23.2 Å². The Hall–Kier alpha value is -1.16. The molecule has 4 heteroatoms. The standard InChI is InChI=1S/C12H19N3O/c1-9-10(2)15-11(7-13-9)14-8-12(3)5-4-6-16-12/h7H,4-6,8H2,1-3H3,(H,14,15). The molecule has 2 rings (SSSR count). The quantitative estimate of drug-likeness (QED) is 0.848. The molecule has 16 heavy (non-hydrogen) atoms. The smallest absolute Gasteiger partial charge is 0.144 e. The number of rotatable bonds is 3. The second-order valence-corrected chi connectivity index (χ2v) is 4.68. The molecule has 0 saturated carbocycles. The minimum atomic E-state index is -0.0412. The Morgan fingerprint density at radius 3 is 2.88 bits per heavy atom. The van der Waals surface area contributed by atoms with E-state index >= 15 is 0 Å². The molecule has 2 heterocycles. The Morgan fingerprint density at radius 1 is 1.44 bits per heavy atom. The molecule has 1 unspecified atom stereocenters.